The number of primary amides is 1. The van der Waals surface area contributed by atoms with Crippen LogP contribution in [0.5, 0.6) is 0 Å². The molecule has 0 aliphatic carbocycles. The summed E-state index contributed by atoms with van der Waals surface area (Å²) >= 11 is 0. The fraction of sp³-hybridized carbons (Fsp3) is 0.167. The number of anilines is 1. The lowest BCUT2D eigenvalue weighted by atomic mass is 9.90. The van der Waals surface area contributed by atoms with E-state index in [-0.39, 0.29) is 12.1 Å². The van der Waals surface area contributed by atoms with E-state index in [0.29, 0.717) is 11.4 Å². The van der Waals surface area contributed by atoms with E-state index in [1.165, 1.54) is 18.4 Å². The molecule has 1 aromatic carbocycles. The van der Waals surface area contributed by atoms with Crippen molar-refractivity contribution >= 4 is 29.4 Å². The van der Waals surface area contributed by atoms with Crippen molar-refractivity contribution in [1.82, 2.24) is 0 Å². The molecule has 2 aromatic rings. The van der Waals surface area contributed by atoms with Gasteiger partial charge in [-0.25, -0.2) is 0 Å². The van der Waals surface area contributed by atoms with E-state index in [1.807, 2.05) is 0 Å². The van der Waals surface area contributed by atoms with Crippen molar-refractivity contribution < 1.29 is 23.9 Å². The Balaban J connectivity index is 1.88. The second kappa shape index (κ2) is 6.37. The van der Waals surface area contributed by atoms with Crippen LogP contribution in [-0.4, -0.2) is 29.2 Å². The van der Waals surface area contributed by atoms with Crippen LogP contribution in [0.15, 0.2) is 53.2 Å². The Kier molecular flexibility index (Phi) is 4.24. The molecule has 0 bridgehead atoms. The van der Waals surface area contributed by atoms with E-state index >= 15 is 0 Å². The minimum Gasteiger partial charge on any atom is -0.465 e. The zero-order valence-electron chi connectivity index (χ0n) is 13.2. The van der Waals surface area contributed by atoms with Gasteiger partial charge in [-0.2, -0.15) is 0 Å². The molecule has 3 N–H and O–H groups in total. The van der Waals surface area contributed by atoms with E-state index in [9.17, 15) is 19.5 Å². The van der Waals surface area contributed by atoms with Gasteiger partial charge in [0.05, 0.1) is 18.4 Å². The maximum Gasteiger partial charge on any atom is 0.264 e. The number of carbonyl (C=O) groups is 3. The van der Waals surface area contributed by atoms with E-state index < -0.39 is 29.6 Å². The molecule has 0 saturated heterocycles. The third-order valence-electron chi connectivity index (χ3n) is 3.96. The molecular weight excluding hydrogens is 324 g/mol. The van der Waals surface area contributed by atoms with Gasteiger partial charge in [0.1, 0.15) is 12.3 Å². The molecule has 1 aliphatic heterocycles. The van der Waals surface area contributed by atoms with Gasteiger partial charge in [0.2, 0.25) is 5.91 Å². The highest BCUT2D eigenvalue weighted by molar-refractivity contribution is 6.12. The van der Waals surface area contributed by atoms with Crippen molar-refractivity contribution in [2.24, 2.45) is 5.73 Å². The average molecular weight is 340 g/mol. The van der Waals surface area contributed by atoms with Crippen molar-refractivity contribution in [3.8, 4) is 0 Å². The number of ketones is 1. The first-order valence-electron chi connectivity index (χ1n) is 7.58. The summed E-state index contributed by atoms with van der Waals surface area (Å²) in [6.07, 6.45) is 3.72. The maximum atomic E-state index is 12.7. The number of nitrogens with zero attached hydrogens (tertiary/aromatic N) is 1. The van der Waals surface area contributed by atoms with Crippen molar-refractivity contribution in [2.75, 3.05) is 11.4 Å². The third kappa shape index (κ3) is 3.09. The number of aliphatic hydroxyl groups is 1. The van der Waals surface area contributed by atoms with Crippen LogP contribution in [0.2, 0.25) is 0 Å². The number of furan rings is 1. The molecule has 0 spiro atoms. The number of nitrogens with two attached hydrogens (primary N) is 1. The van der Waals surface area contributed by atoms with Crippen LogP contribution in [0.3, 0.4) is 0 Å². The van der Waals surface area contributed by atoms with Crippen molar-refractivity contribution in [3.63, 3.8) is 0 Å². The highest BCUT2D eigenvalue weighted by Gasteiger charge is 2.50. The molecular formula is C18H16N2O5. The van der Waals surface area contributed by atoms with Crippen molar-refractivity contribution in [3.05, 3.63) is 60.1 Å². The summed E-state index contributed by atoms with van der Waals surface area (Å²) in [7, 11) is 0. The normalized spacial score (nSPS) is 19.4. The Hall–Kier alpha value is -3.19. The largest absolute Gasteiger partial charge is 0.465 e. The van der Waals surface area contributed by atoms with Crippen molar-refractivity contribution in [2.45, 2.75) is 12.0 Å². The molecule has 1 aliphatic rings. The van der Waals surface area contributed by atoms with E-state index in [2.05, 4.69) is 0 Å². The van der Waals surface area contributed by atoms with Crippen molar-refractivity contribution in [1.29, 1.82) is 0 Å². The standard InChI is InChI=1S/C18H16N2O5/c19-16(22)11-20-15-6-2-1-5-14(15)18(24,17(20)23)10-12(21)7-8-13-4-3-9-25-13/h1-9,24H,10-11H2,(H2,19,22). The molecule has 128 valence electrons. The molecule has 0 fully saturated rings. The minimum absolute atomic E-state index is 0.279. The van der Waals surface area contributed by atoms with Gasteiger partial charge in [0.15, 0.2) is 11.4 Å². The van der Waals surface area contributed by atoms with E-state index in [0.717, 1.165) is 4.90 Å². The fourth-order valence-electron chi connectivity index (χ4n) is 2.86. The van der Waals surface area contributed by atoms with E-state index in [4.69, 9.17) is 10.2 Å². The highest BCUT2D eigenvalue weighted by atomic mass is 16.3. The number of allylic oxidation sites excluding steroid dienone is 1. The molecule has 7 nitrogen and oxygen atoms in total. The lowest BCUT2D eigenvalue weighted by molar-refractivity contribution is -0.141. The quantitative estimate of drug-likeness (QED) is 0.761. The number of fused-ring (bicyclic) bond motifs is 1. The second-order valence-electron chi connectivity index (χ2n) is 5.73. The Morgan fingerprint density at radius 1 is 1.24 bits per heavy atom. The number of hydrogen-bond donors (Lipinski definition) is 2. The summed E-state index contributed by atoms with van der Waals surface area (Å²) in [5.41, 5.74) is 3.80. The summed E-state index contributed by atoms with van der Waals surface area (Å²) in [4.78, 5) is 37.2. The summed E-state index contributed by atoms with van der Waals surface area (Å²) in [6, 6.07) is 9.81. The number of para-hydroxylation sites is 1. The van der Waals surface area contributed by atoms with Gasteiger partial charge in [0, 0.05) is 5.56 Å². The topological polar surface area (TPSA) is 114 Å². The molecule has 1 unspecified atom stereocenters. The number of rotatable bonds is 6. The van der Waals surface area contributed by atoms with Gasteiger partial charge in [-0.15, -0.1) is 0 Å². The second-order valence-corrected chi connectivity index (χ2v) is 5.73. The van der Waals surface area contributed by atoms with Gasteiger partial charge < -0.3 is 15.3 Å². The molecule has 1 aromatic heterocycles. The number of carbonyl (C=O) groups excluding carboxylic acids is 3. The third-order valence-corrected chi connectivity index (χ3v) is 3.96. The summed E-state index contributed by atoms with van der Waals surface area (Å²) in [6.45, 7) is -0.366. The minimum atomic E-state index is -2.03. The van der Waals surface area contributed by atoms with Gasteiger partial charge >= 0.3 is 0 Å². The van der Waals surface area contributed by atoms with E-state index in [1.54, 1.807) is 36.4 Å². The average Bonchev–Trinajstić information content (AvgIpc) is 3.16. The zero-order chi connectivity index (χ0) is 18.0. The first-order chi connectivity index (χ1) is 11.9. The molecule has 0 saturated carbocycles. The lowest BCUT2D eigenvalue weighted by Crippen LogP contribution is -2.44. The lowest BCUT2D eigenvalue weighted by Gasteiger charge is -2.21. The maximum absolute atomic E-state index is 12.7. The molecule has 1 atom stereocenters. The molecule has 3 rings (SSSR count). The first-order valence-corrected chi connectivity index (χ1v) is 7.58. The summed E-state index contributed by atoms with van der Waals surface area (Å²) in [5, 5.41) is 10.9. The van der Waals surface area contributed by atoms with Crippen LogP contribution < -0.4 is 10.6 Å². The SMILES string of the molecule is NC(=O)CN1C(=O)C(O)(CC(=O)C=Cc2ccco2)c2ccccc21. The molecule has 25 heavy (non-hydrogen) atoms. The zero-order valence-corrected chi connectivity index (χ0v) is 13.2. The number of amides is 2. The number of benzene rings is 1. The Labute approximate surface area is 143 Å². The van der Waals surface area contributed by atoms with Crippen LogP contribution in [-0.2, 0) is 20.0 Å². The van der Waals surface area contributed by atoms with Crippen LogP contribution in [0.1, 0.15) is 17.7 Å². The Bertz CT molecular complexity index is 856. The van der Waals surface area contributed by atoms with Crippen LogP contribution in [0.25, 0.3) is 6.08 Å². The summed E-state index contributed by atoms with van der Waals surface area (Å²) < 4.78 is 5.09. The first kappa shape index (κ1) is 16.7. The Morgan fingerprint density at radius 3 is 2.68 bits per heavy atom. The summed E-state index contributed by atoms with van der Waals surface area (Å²) in [5.74, 6) is -1.43. The highest BCUT2D eigenvalue weighted by Crippen LogP contribution is 2.42. The molecule has 2 heterocycles. The van der Waals surface area contributed by atoms with Gasteiger partial charge in [-0.1, -0.05) is 18.2 Å². The predicted molar refractivity (Wildman–Crippen MR) is 89.3 cm³/mol. The van der Waals surface area contributed by atoms with Crippen LogP contribution in [0.4, 0.5) is 5.69 Å². The predicted octanol–water partition coefficient (Wildman–Crippen LogP) is 0.972. The monoisotopic (exact) mass is 340 g/mol. The molecule has 0 radical (unpaired) electrons. The van der Waals surface area contributed by atoms with Crippen LogP contribution in [0, 0.1) is 0 Å². The van der Waals surface area contributed by atoms with Gasteiger partial charge in [-0.05, 0) is 30.4 Å². The van der Waals surface area contributed by atoms with Gasteiger partial charge in [-0.3, -0.25) is 19.3 Å². The van der Waals surface area contributed by atoms with Gasteiger partial charge in [0.25, 0.3) is 5.91 Å². The fourth-order valence-corrected chi connectivity index (χ4v) is 2.86. The Morgan fingerprint density at radius 2 is 2.00 bits per heavy atom. The number of hydrogen-bond acceptors (Lipinski definition) is 5. The van der Waals surface area contributed by atoms with Crippen LogP contribution >= 0.6 is 0 Å². The smallest absolute Gasteiger partial charge is 0.264 e. The molecule has 2 amide bonds. The molecule has 7 heteroatoms.